The maximum Gasteiger partial charge on any atom is 0.253 e. The number of carbonyl (C=O) groups excluding carboxylic acids is 2. The van der Waals surface area contributed by atoms with Crippen molar-refractivity contribution >= 4 is 11.8 Å². The second kappa shape index (κ2) is 9.20. The van der Waals surface area contributed by atoms with Crippen LogP contribution in [0.3, 0.4) is 0 Å². The van der Waals surface area contributed by atoms with Gasteiger partial charge in [0.25, 0.3) is 11.8 Å². The first-order chi connectivity index (χ1) is 10.5. The summed E-state index contributed by atoms with van der Waals surface area (Å²) < 4.78 is 0. The summed E-state index contributed by atoms with van der Waals surface area (Å²) >= 11 is 0. The number of nitrogens with zero attached hydrogens (tertiary/aromatic N) is 1. The lowest BCUT2D eigenvalue weighted by molar-refractivity contribution is 0.0802. The highest BCUT2D eigenvalue weighted by atomic mass is 16.2. The maximum absolute atomic E-state index is 12.3. The highest BCUT2D eigenvalue weighted by Gasteiger charge is 2.15. The molecule has 0 saturated carbocycles. The Balaban J connectivity index is 2.79. The summed E-state index contributed by atoms with van der Waals surface area (Å²) in [5.74, 6) is -0.265. The predicted molar refractivity (Wildman–Crippen MR) is 88.9 cm³/mol. The van der Waals surface area contributed by atoms with Gasteiger partial charge in [-0.3, -0.25) is 9.59 Å². The zero-order valence-electron chi connectivity index (χ0n) is 13.8. The Hall–Kier alpha value is -1.88. The molecule has 0 fully saturated rings. The van der Waals surface area contributed by atoms with Crippen molar-refractivity contribution in [2.75, 3.05) is 20.1 Å². The number of rotatable bonds is 8. The zero-order chi connectivity index (χ0) is 16.5. The third kappa shape index (κ3) is 5.15. The second-order valence-corrected chi connectivity index (χ2v) is 5.45. The Morgan fingerprint density at radius 3 is 2.55 bits per heavy atom. The van der Waals surface area contributed by atoms with Gasteiger partial charge in [-0.05, 0) is 31.5 Å². The molecule has 22 heavy (non-hydrogen) atoms. The van der Waals surface area contributed by atoms with E-state index in [1.807, 2.05) is 6.92 Å². The van der Waals surface area contributed by atoms with Gasteiger partial charge in [0.05, 0.1) is 0 Å². The lowest BCUT2D eigenvalue weighted by Gasteiger charge is -2.17. The molecule has 0 bridgehead atoms. The number of benzene rings is 1. The number of nitrogens with one attached hydrogen (secondary N) is 1. The van der Waals surface area contributed by atoms with Gasteiger partial charge in [-0.25, -0.2) is 0 Å². The molecule has 1 unspecified atom stereocenters. The Labute approximate surface area is 132 Å². The van der Waals surface area contributed by atoms with Gasteiger partial charge in [0.1, 0.15) is 0 Å². The highest BCUT2D eigenvalue weighted by Crippen LogP contribution is 2.09. The van der Waals surface area contributed by atoms with Crippen LogP contribution in [0.2, 0.25) is 0 Å². The lowest BCUT2D eigenvalue weighted by Crippen LogP contribution is -2.40. The molecule has 122 valence electrons. The third-order valence-electron chi connectivity index (χ3n) is 3.72. The highest BCUT2D eigenvalue weighted by molar-refractivity contribution is 5.99. The average molecular weight is 305 g/mol. The predicted octanol–water partition coefficient (Wildman–Crippen LogP) is 2.03. The molecular formula is C17H27N3O2. The summed E-state index contributed by atoms with van der Waals surface area (Å²) in [7, 11) is 1.74. The Morgan fingerprint density at radius 1 is 1.27 bits per heavy atom. The molecule has 0 aromatic heterocycles. The summed E-state index contributed by atoms with van der Waals surface area (Å²) in [5.41, 5.74) is 6.71. The molecule has 2 amide bonds. The minimum atomic E-state index is -0.180. The SMILES string of the molecule is CCCCC(CN)NC(=O)c1cccc(C(=O)N(C)CC)c1. The molecule has 0 radical (unpaired) electrons. The van der Waals surface area contributed by atoms with Gasteiger partial charge in [0, 0.05) is 37.3 Å². The van der Waals surface area contributed by atoms with Crippen molar-refractivity contribution in [1.82, 2.24) is 10.2 Å². The molecule has 5 heteroatoms. The summed E-state index contributed by atoms with van der Waals surface area (Å²) in [5, 5.41) is 2.94. The fourth-order valence-corrected chi connectivity index (χ4v) is 2.13. The van der Waals surface area contributed by atoms with Gasteiger partial charge in [0.2, 0.25) is 0 Å². The number of unbranched alkanes of at least 4 members (excludes halogenated alkanes) is 1. The Morgan fingerprint density at radius 2 is 1.95 bits per heavy atom. The van der Waals surface area contributed by atoms with E-state index in [1.54, 1.807) is 36.2 Å². The molecule has 1 atom stereocenters. The summed E-state index contributed by atoms with van der Waals surface area (Å²) in [6, 6.07) is 6.78. The van der Waals surface area contributed by atoms with Crippen LogP contribution in [0.5, 0.6) is 0 Å². The number of hydrogen-bond donors (Lipinski definition) is 2. The van der Waals surface area contributed by atoms with E-state index in [0.717, 1.165) is 19.3 Å². The monoisotopic (exact) mass is 305 g/mol. The van der Waals surface area contributed by atoms with Crippen LogP contribution in [0, 0.1) is 0 Å². The summed E-state index contributed by atoms with van der Waals surface area (Å²) in [6.07, 6.45) is 2.97. The van der Waals surface area contributed by atoms with Gasteiger partial charge in [-0.1, -0.05) is 25.8 Å². The fraction of sp³-hybridized carbons (Fsp3) is 0.529. The van der Waals surface area contributed by atoms with Crippen LogP contribution in [0.1, 0.15) is 53.8 Å². The van der Waals surface area contributed by atoms with Crippen molar-refractivity contribution < 1.29 is 9.59 Å². The second-order valence-electron chi connectivity index (χ2n) is 5.45. The van der Waals surface area contributed by atoms with Crippen molar-refractivity contribution in [3.8, 4) is 0 Å². The Bertz CT molecular complexity index is 502. The number of nitrogens with two attached hydrogens (primary N) is 1. The largest absolute Gasteiger partial charge is 0.348 e. The van der Waals surface area contributed by atoms with Crippen molar-refractivity contribution in [2.45, 2.75) is 39.2 Å². The van der Waals surface area contributed by atoms with Crippen molar-refractivity contribution in [3.05, 3.63) is 35.4 Å². The minimum absolute atomic E-state index is 0.0230. The van der Waals surface area contributed by atoms with E-state index >= 15 is 0 Å². The van der Waals surface area contributed by atoms with Gasteiger partial charge in [-0.15, -0.1) is 0 Å². The van der Waals surface area contributed by atoms with Crippen LogP contribution in [0.15, 0.2) is 24.3 Å². The van der Waals surface area contributed by atoms with Crippen LogP contribution < -0.4 is 11.1 Å². The molecule has 1 aromatic rings. The van der Waals surface area contributed by atoms with Crippen molar-refractivity contribution in [1.29, 1.82) is 0 Å². The van der Waals surface area contributed by atoms with E-state index in [4.69, 9.17) is 5.73 Å². The summed E-state index contributed by atoms with van der Waals surface area (Å²) in [4.78, 5) is 26.1. The van der Waals surface area contributed by atoms with E-state index in [9.17, 15) is 9.59 Å². The molecule has 0 saturated heterocycles. The van der Waals surface area contributed by atoms with Crippen LogP contribution in [-0.4, -0.2) is 42.9 Å². The smallest absolute Gasteiger partial charge is 0.253 e. The molecule has 1 aromatic carbocycles. The molecule has 0 heterocycles. The van der Waals surface area contributed by atoms with E-state index in [0.29, 0.717) is 24.2 Å². The Kier molecular flexibility index (Phi) is 7.60. The van der Waals surface area contributed by atoms with E-state index < -0.39 is 0 Å². The van der Waals surface area contributed by atoms with E-state index in [-0.39, 0.29) is 17.9 Å². The molecule has 1 rings (SSSR count). The maximum atomic E-state index is 12.3. The minimum Gasteiger partial charge on any atom is -0.348 e. The standard InChI is InChI=1S/C17H27N3O2/c1-4-6-10-15(12-18)19-16(21)13-8-7-9-14(11-13)17(22)20(3)5-2/h7-9,11,15H,4-6,10,12,18H2,1-3H3,(H,19,21). The first kappa shape index (κ1) is 18.2. The van der Waals surface area contributed by atoms with Crippen LogP contribution in [-0.2, 0) is 0 Å². The molecule has 0 aliphatic carbocycles. The van der Waals surface area contributed by atoms with E-state index in [1.165, 1.54) is 0 Å². The normalized spacial score (nSPS) is 11.8. The van der Waals surface area contributed by atoms with Gasteiger partial charge >= 0.3 is 0 Å². The van der Waals surface area contributed by atoms with Crippen molar-refractivity contribution in [3.63, 3.8) is 0 Å². The zero-order valence-corrected chi connectivity index (χ0v) is 13.8. The molecule has 5 nitrogen and oxygen atoms in total. The lowest BCUT2D eigenvalue weighted by atomic mass is 10.1. The molecule has 3 N–H and O–H groups in total. The van der Waals surface area contributed by atoms with Crippen LogP contribution in [0.25, 0.3) is 0 Å². The third-order valence-corrected chi connectivity index (χ3v) is 3.72. The first-order valence-corrected chi connectivity index (χ1v) is 7.89. The quantitative estimate of drug-likeness (QED) is 0.771. The number of amides is 2. The number of carbonyl (C=O) groups is 2. The summed E-state index contributed by atoms with van der Waals surface area (Å²) in [6.45, 7) is 5.06. The molecule has 0 aliphatic heterocycles. The number of hydrogen-bond acceptors (Lipinski definition) is 3. The average Bonchev–Trinajstić information content (AvgIpc) is 2.56. The van der Waals surface area contributed by atoms with Gasteiger partial charge in [-0.2, -0.15) is 0 Å². The van der Waals surface area contributed by atoms with E-state index in [2.05, 4.69) is 12.2 Å². The topological polar surface area (TPSA) is 75.4 Å². The van der Waals surface area contributed by atoms with Crippen LogP contribution >= 0.6 is 0 Å². The van der Waals surface area contributed by atoms with Crippen molar-refractivity contribution in [2.24, 2.45) is 5.73 Å². The molecular weight excluding hydrogens is 278 g/mol. The van der Waals surface area contributed by atoms with Gasteiger partial charge < -0.3 is 16.0 Å². The van der Waals surface area contributed by atoms with Gasteiger partial charge in [0.15, 0.2) is 0 Å². The van der Waals surface area contributed by atoms with Crippen LogP contribution in [0.4, 0.5) is 0 Å². The molecule has 0 aliphatic rings. The first-order valence-electron chi connectivity index (χ1n) is 7.89. The molecule has 0 spiro atoms. The fourth-order valence-electron chi connectivity index (χ4n) is 2.13.